The fourth-order valence-corrected chi connectivity index (χ4v) is 1.52. The molecule has 0 aliphatic carbocycles. The molecule has 0 saturated carbocycles. The summed E-state index contributed by atoms with van der Waals surface area (Å²) in [5.41, 5.74) is 0.824. The third-order valence-corrected chi connectivity index (χ3v) is 2.25. The van der Waals surface area contributed by atoms with Gasteiger partial charge in [0.05, 0.1) is 0 Å². The van der Waals surface area contributed by atoms with Crippen LogP contribution in [0.25, 0.3) is 0 Å². The molecule has 0 unspecified atom stereocenters. The lowest BCUT2D eigenvalue weighted by atomic mass is 9.87. The summed E-state index contributed by atoms with van der Waals surface area (Å²) in [6.45, 7) is 7.64. The van der Waals surface area contributed by atoms with E-state index in [-0.39, 0.29) is 22.7 Å². The van der Waals surface area contributed by atoms with Crippen molar-refractivity contribution in [2.45, 2.75) is 34.1 Å². The van der Waals surface area contributed by atoms with Gasteiger partial charge in [-0.25, -0.2) is 0 Å². The van der Waals surface area contributed by atoms with E-state index in [4.69, 9.17) is 0 Å². The van der Waals surface area contributed by atoms with E-state index in [0.29, 0.717) is 17.5 Å². The van der Waals surface area contributed by atoms with Crippen LogP contribution in [-0.2, 0) is 6.42 Å². The van der Waals surface area contributed by atoms with Crippen LogP contribution in [0, 0.1) is 12.3 Å². The number of rotatable bonds is 1. The van der Waals surface area contributed by atoms with Crippen molar-refractivity contribution in [2.75, 3.05) is 0 Å². The minimum atomic E-state index is -0.206. The van der Waals surface area contributed by atoms with Gasteiger partial charge < -0.3 is 15.3 Å². The molecule has 0 aliphatic rings. The van der Waals surface area contributed by atoms with Gasteiger partial charge in [-0.1, -0.05) is 20.8 Å². The Hall–Kier alpha value is -1.38. The Kier molecular flexibility index (Phi) is 2.84. The third kappa shape index (κ3) is 2.55. The van der Waals surface area contributed by atoms with Crippen LogP contribution in [0.3, 0.4) is 0 Å². The van der Waals surface area contributed by atoms with Crippen molar-refractivity contribution in [1.29, 1.82) is 0 Å². The summed E-state index contributed by atoms with van der Waals surface area (Å²) >= 11 is 0. The first-order chi connectivity index (χ1) is 6.72. The van der Waals surface area contributed by atoms with Gasteiger partial charge in [-0.15, -0.1) is 0 Å². The molecule has 0 heterocycles. The topological polar surface area (TPSA) is 60.7 Å². The molecule has 3 N–H and O–H groups in total. The highest BCUT2D eigenvalue weighted by Crippen LogP contribution is 2.41. The second kappa shape index (κ2) is 3.65. The predicted octanol–water partition coefficient (Wildman–Crippen LogP) is 2.70. The summed E-state index contributed by atoms with van der Waals surface area (Å²) in [6.07, 6.45) is 0.512. The Morgan fingerprint density at radius 1 is 1.07 bits per heavy atom. The van der Waals surface area contributed by atoms with Crippen LogP contribution in [0.2, 0.25) is 0 Å². The van der Waals surface area contributed by atoms with E-state index in [0.717, 1.165) is 0 Å². The van der Waals surface area contributed by atoms with Crippen LogP contribution in [0.4, 0.5) is 0 Å². The first kappa shape index (κ1) is 11.7. The largest absolute Gasteiger partial charge is 0.508 e. The van der Waals surface area contributed by atoms with E-state index in [1.54, 1.807) is 6.92 Å². The monoisotopic (exact) mass is 210 g/mol. The first-order valence-corrected chi connectivity index (χ1v) is 4.96. The summed E-state index contributed by atoms with van der Waals surface area (Å²) in [6, 6.07) is 1.47. The zero-order valence-corrected chi connectivity index (χ0v) is 9.63. The van der Waals surface area contributed by atoms with Crippen molar-refractivity contribution in [2.24, 2.45) is 5.41 Å². The molecule has 0 radical (unpaired) electrons. The van der Waals surface area contributed by atoms with E-state index in [9.17, 15) is 15.3 Å². The van der Waals surface area contributed by atoms with E-state index < -0.39 is 0 Å². The number of aromatic hydroxyl groups is 3. The molecule has 1 aromatic rings. The maximum Gasteiger partial charge on any atom is 0.164 e. The van der Waals surface area contributed by atoms with Gasteiger partial charge in [0.2, 0.25) is 0 Å². The van der Waals surface area contributed by atoms with Crippen molar-refractivity contribution >= 4 is 0 Å². The quantitative estimate of drug-likeness (QED) is 0.493. The zero-order valence-electron chi connectivity index (χ0n) is 9.63. The number of hydrogen-bond acceptors (Lipinski definition) is 3. The molecule has 0 aromatic heterocycles. The smallest absolute Gasteiger partial charge is 0.164 e. The van der Waals surface area contributed by atoms with Gasteiger partial charge in [0, 0.05) is 5.56 Å². The Bertz CT molecular complexity index is 375. The van der Waals surface area contributed by atoms with Gasteiger partial charge >= 0.3 is 0 Å². The summed E-state index contributed by atoms with van der Waals surface area (Å²) in [4.78, 5) is 0. The van der Waals surface area contributed by atoms with Gasteiger partial charge in [0.1, 0.15) is 5.75 Å². The maximum absolute atomic E-state index is 9.71. The zero-order chi connectivity index (χ0) is 11.8. The van der Waals surface area contributed by atoms with Gasteiger partial charge in [0.15, 0.2) is 11.5 Å². The maximum atomic E-state index is 9.71. The molecular weight excluding hydrogens is 192 g/mol. The van der Waals surface area contributed by atoms with Crippen LogP contribution in [-0.4, -0.2) is 15.3 Å². The summed E-state index contributed by atoms with van der Waals surface area (Å²) < 4.78 is 0. The van der Waals surface area contributed by atoms with Crippen molar-refractivity contribution in [3.05, 3.63) is 17.2 Å². The SMILES string of the molecule is Cc1cc(O)c(CC(C)(C)C)c(O)c1O. The number of aryl methyl sites for hydroxylation is 1. The van der Waals surface area contributed by atoms with Crippen molar-refractivity contribution in [3.63, 3.8) is 0 Å². The second-order valence-electron chi connectivity index (χ2n) is 5.13. The Labute approximate surface area is 90.0 Å². The lowest BCUT2D eigenvalue weighted by Crippen LogP contribution is -2.09. The van der Waals surface area contributed by atoms with Gasteiger partial charge in [0.25, 0.3) is 0 Å². The van der Waals surface area contributed by atoms with Crippen LogP contribution in [0.1, 0.15) is 31.9 Å². The standard InChI is InChI=1S/C12H18O3/c1-7-5-9(13)8(6-12(2,3)4)11(15)10(7)14/h5,13-15H,6H2,1-4H3. The molecule has 0 amide bonds. The van der Waals surface area contributed by atoms with E-state index in [1.807, 2.05) is 20.8 Å². The fraction of sp³-hybridized carbons (Fsp3) is 0.500. The summed E-state index contributed by atoms with van der Waals surface area (Å²) in [7, 11) is 0. The molecule has 84 valence electrons. The Morgan fingerprint density at radius 3 is 2.07 bits per heavy atom. The van der Waals surface area contributed by atoms with E-state index in [1.165, 1.54) is 6.07 Å². The predicted molar refractivity (Wildman–Crippen MR) is 59.3 cm³/mol. The first-order valence-electron chi connectivity index (χ1n) is 4.96. The van der Waals surface area contributed by atoms with Gasteiger partial charge in [-0.3, -0.25) is 0 Å². The fourth-order valence-electron chi connectivity index (χ4n) is 1.52. The highest BCUT2D eigenvalue weighted by Gasteiger charge is 2.20. The molecule has 1 aromatic carbocycles. The second-order valence-corrected chi connectivity index (χ2v) is 5.13. The average molecular weight is 210 g/mol. The lowest BCUT2D eigenvalue weighted by molar-refractivity contribution is 0.358. The minimum absolute atomic E-state index is 0.0396. The normalized spacial score (nSPS) is 11.7. The molecule has 0 saturated heterocycles. The Balaban J connectivity index is 3.24. The molecule has 0 fully saturated rings. The molecule has 0 aliphatic heterocycles. The molecule has 15 heavy (non-hydrogen) atoms. The Morgan fingerprint density at radius 2 is 1.60 bits per heavy atom. The van der Waals surface area contributed by atoms with Crippen LogP contribution >= 0.6 is 0 Å². The summed E-state index contributed by atoms with van der Waals surface area (Å²) in [5.74, 6) is -0.313. The average Bonchev–Trinajstić information content (AvgIpc) is 2.07. The van der Waals surface area contributed by atoms with Gasteiger partial charge in [-0.2, -0.15) is 0 Å². The van der Waals surface area contributed by atoms with E-state index >= 15 is 0 Å². The molecule has 0 bridgehead atoms. The molecule has 0 spiro atoms. The molecule has 1 rings (SSSR count). The molecule has 3 nitrogen and oxygen atoms in total. The number of benzene rings is 1. The molecular formula is C12H18O3. The van der Waals surface area contributed by atoms with Crippen molar-refractivity contribution < 1.29 is 15.3 Å². The highest BCUT2D eigenvalue weighted by atomic mass is 16.3. The third-order valence-electron chi connectivity index (χ3n) is 2.25. The number of hydrogen-bond donors (Lipinski definition) is 3. The number of phenolic OH excluding ortho intramolecular Hbond substituents is 3. The number of phenols is 3. The van der Waals surface area contributed by atoms with E-state index in [2.05, 4.69) is 0 Å². The summed E-state index contributed by atoms with van der Waals surface area (Å²) in [5, 5.41) is 28.9. The van der Waals surface area contributed by atoms with Crippen LogP contribution in [0.15, 0.2) is 6.07 Å². The minimum Gasteiger partial charge on any atom is -0.508 e. The van der Waals surface area contributed by atoms with Crippen molar-refractivity contribution in [1.82, 2.24) is 0 Å². The lowest BCUT2D eigenvalue weighted by Gasteiger charge is -2.20. The van der Waals surface area contributed by atoms with Crippen LogP contribution in [0.5, 0.6) is 17.2 Å². The molecule has 3 heteroatoms. The van der Waals surface area contributed by atoms with Crippen molar-refractivity contribution in [3.8, 4) is 17.2 Å². The van der Waals surface area contributed by atoms with Gasteiger partial charge in [-0.05, 0) is 30.4 Å². The highest BCUT2D eigenvalue weighted by molar-refractivity contribution is 5.56. The molecule has 0 atom stereocenters. The van der Waals surface area contributed by atoms with Crippen LogP contribution < -0.4 is 0 Å².